The van der Waals surface area contributed by atoms with E-state index in [-0.39, 0.29) is 41.2 Å². The van der Waals surface area contributed by atoms with Gasteiger partial charge in [-0.15, -0.1) is 0 Å². The molecule has 156 valence electrons. The van der Waals surface area contributed by atoms with Crippen molar-refractivity contribution in [3.8, 4) is 5.75 Å². The first kappa shape index (κ1) is 19.9. The van der Waals surface area contributed by atoms with Gasteiger partial charge in [-0.2, -0.15) is 0 Å². The highest BCUT2D eigenvalue weighted by Gasteiger charge is 2.59. The van der Waals surface area contributed by atoms with Crippen LogP contribution in [-0.4, -0.2) is 29.1 Å². The number of hydrogen-bond acceptors (Lipinski definition) is 5. The van der Waals surface area contributed by atoms with Gasteiger partial charge < -0.3 is 14.6 Å². The molecule has 1 aromatic carbocycles. The Morgan fingerprint density at radius 2 is 1.86 bits per heavy atom. The molecule has 3 aliphatic carbocycles. The number of hydrogen-bond donors (Lipinski definition) is 1. The third kappa shape index (κ3) is 3.32. The van der Waals surface area contributed by atoms with Crippen LogP contribution in [0.4, 0.5) is 0 Å². The quantitative estimate of drug-likeness (QED) is 0.614. The van der Waals surface area contributed by atoms with Crippen molar-refractivity contribution >= 4 is 17.9 Å². The van der Waals surface area contributed by atoms with Crippen LogP contribution >= 0.6 is 0 Å². The van der Waals surface area contributed by atoms with E-state index in [2.05, 4.69) is 6.92 Å². The molecular formula is C23H28O6. The maximum Gasteiger partial charge on any atom is 0.308 e. The van der Waals surface area contributed by atoms with E-state index in [1.165, 1.54) is 19.4 Å². The maximum atomic E-state index is 12.3. The molecule has 0 radical (unpaired) electrons. The van der Waals surface area contributed by atoms with Crippen LogP contribution < -0.4 is 4.74 Å². The Labute approximate surface area is 170 Å². The summed E-state index contributed by atoms with van der Waals surface area (Å²) in [5, 5.41) is 10.1. The van der Waals surface area contributed by atoms with E-state index in [1.807, 2.05) is 18.2 Å². The Morgan fingerprint density at radius 1 is 1.10 bits per heavy atom. The lowest BCUT2D eigenvalue weighted by Gasteiger charge is -2.52. The van der Waals surface area contributed by atoms with Crippen LogP contribution in [0, 0.1) is 23.2 Å². The van der Waals surface area contributed by atoms with E-state index in [0.29, 0.717) is 12.2 Å². The van der Waals surface area contributed by atoms with Gasteiger partial charge in [-0.3, -0.25) is 14.4 Å². The first-order valence-corrected chi connectivity index (χ1v) is 10.4. The minimum Gasteiger partial charge on any atom is -0.481 e. The van der Waals surface area contributed by atoms with Gasteiger partial charge in [-0.25, -0.2) is 0 Å². The summed E-state index contributed by atoms with van der Waals surface area (Å²) in [7, 11) is 0. The molecule has 2 saturated carbocycles. The van der Waals surface area contributed by atoms with Crippen molar-refractivity contribution in [2.24, 2.45) is 23.2 Å². The van der Waals surface area contributed by atoms with Gasteiger partial charge in [0.25, 0.3) is 0 Å². The topological polar surface area (TPSA) is 89.9 Å². The Balaban J connectivity index is 1.70. The molecule has 29 heavy (non-hydrogen) atoms. The van der Waals surface area contributed by atoms with E-state index in [1.54, 1.807) is 0 Å². The predicted octanol–water partition coefficient (Wildman–Crippen LogP) is 3.71. The highest BCUT2D eigenvalue weighted by atomic mass is 16.5. The third-order valence-electron chi connectivity index (χ3n) is 7.55. The summed E-state index contributed by atoms with van der Waals surface area (Å²) in [5.74, 6) is -1.03. The number of ether oxygens (including phenoxy) is 2. The first-order valence-electron chi connectivity index (χ1n) is 10.4. The molecule has 0 aliphatic heterocycles. The zero-order valence-electron chi connectivity index (χ0n) is 17.1. The SMILES string of the molecule is CC(=O)Oc1ccc2c(c1)C[C@@H](C(=O)O)[C@@H]1[C@@H]2CC[C@]2(C)[C@@H](OC(C)=O)CC[C@@H]12. The van der Waals surface area contributed by atoms with Gasteiger partial charge in [0.15, 0.2) is 0 Å². The largest absolute Gasteiger partial charge is 0.481 e. The lowest BCUT2D eigenvalue weighted by Crippen LogP contribution is -2.49. The number of carboxylic acid groups (broad SMARTS) is 1. The molecule has 6 heteroatoms. The lowest BCUT2D eigenvalue weighted by molar-refractivity contribution is -0.158. The summed E-state index contributed by atoms with van der Waals surface area (Å²) < 4.78 is 10.9. The second-order valence-electron chi connectivity index (χ2n) is 9.11. The Morgan fingerprint density at radius 3 is 2.52 bits per heavy atom. The lowest BCUT2D eigenvalue weighted by atomic mass is 9.52. The summed E-state index contributed by atoms with van der Waals surface area (Å²) in [6, 6.07) is 5.64. The third-order valence-corrected chi connectivity index (χ3v) is 7.55. The maximum absolute atomic E-state index is 12.3. The molecule has 0 bridgehead atoms. The highest BCUT2D eigenvalue weighted by molar-refractivity contribution is 5.73. The van der Waals surface area contributed by atoms with E-state index >= 15 is 0 Å². The monoisotopic (exact) mass is 400 g/mol. The molecule has 6 atom stereocenters. The van der Waals surface area contributed by atoms with Crippen molar-refractivity contribution < 1.29 is 29.0 Å². The standard InChI is InChI=1S/C23H28O6/c1-12(24)28-15-4-5-16-14(10-15)11-18(22(26)27)21-17(16)8-9-23(3)19(21)6-7-20(23)29-13(2)25/h4-5,10,17-21H,6-9,11H2,1-3H3,(H,26,27)/t17-,18-,19+,20+,21+,23+/m1/s1. The zero-order chi connectivity index (χ0) is 20.9. The average Bonchev–Trinajstić information content (AvgIpc) is 2.96. The molecule has 0 heterocycles. The van der Waals surface area contributed by atoms with Crippen LogP contribution in [0.1, 0.15) is 63.5 Å². The zero-order valence-corrected chi connectivity index (χ0v) is 17.1. The fourth-order valence-electron chi connectivity index (χ4n) is 6.44. The molecule has 1 aromatic rings. The number of benzene rings is 1. The number of carboxylic acids is 1. The van der Waals surface area contributed by atoms with Gasteiger partial charge in [0.2, 0.25) is 0 Å². The van der Waals surface area contributed by atoms with E-state index in [9.17, 15) is 19.5 Å². The van der Waals surface area contributed by atoms with E-state index < -0.39 is 11.9 Å². The van der Waals surface area contributed by atoms with Crippen molar-refractivity contribution in [3.05, 3.63) is 29.3 Å². The molecule has 1 N–H and O–H groups in total. The van der Waals surface area contributed by atoms with Crippen molar-refractivity contribution in [2.75, 3.05) is 0 Å². The van der Waals surface area contributed by atoms with Gasteiger partial charge in [-0.1, -0.05) is 13.0 Å². The van der Waals surface area contributed by atoms with Crippen LogP contribution in [0.15, 0.2) is 18.2 Å². The Bertz CT molecular complexity index is 861. The fraction of sp³-hybridized carbons (Fsp3) is 0.609. The van der Waals surface area contributed by atoms with E-state index in [0.717, 1.165) is 31.2 Å². The summed E-state index contributed by atoms with van der Waals surface area (Å²) >= 11 is 0. The van der Waals surface area contributed by atoms with Crippen LogP contribution in [0.2, 0.25) is 0 Å². The fourth-order valence-corrected chi connectivity index (χ4v) is 6.44. The smallest absolute Gasteiger partial charge is 0.308 e. The molecule has 0 amide bonds. The molecule has 6 nitrogen and oxygen atoms in total. The molecule has 0 saturated heterocycles. The van der Waals surface area contributed by atoms with Gasteiger partial charge >= 0.3 is 17.9 Å². The Hall–Kier alpha value is -2.37. The summed E-state index contributed by atoms with van der Waals surface area (Å²) in [6.07, 6.45) is 3.78. The van der Waals surface area contributed by atoms with Crippen LogP contribution in [0.5, 0.6) is 5.75 Å². The second kappa shape index (κ2) is 7.15. The summed E-state index contributed by atoms with van der Waals surface area (Å²) in [5.41, 5.74) is 1.98. The summed E-state index contributed by atoms with van der Waals surface area (Å²) in [4.78, 5) is 35.2. The average molecular weight is 400 g/mol. The second-order valence-corrected chi connectivity index (χ2v) is 9.11. The number of esters is 2. The number of fused-ring (bicyclic) bond motifs is 5. The van der Waals surface area contributed by atoms with E-state index in [4.69, 9.17) is 9.47 Å². The number of carbonyl (C=O) groups excluding carboxylic acids is 2. The molecule has 3 aliphatic rings. The van der Waals surface area contributed by atoms with Crippen LogP contribution in [0.3, 0.4) is 0 Å². The number of carbonyl (C=O) groups is 3. The van der Waals surface area contributed by atoms with Crippen LogP contribution in [0.25, 0.3) is 0 Å². The minimum atomic E-state index is -0.774. The predicted molar refractivity (Wildman–Crippen MR) is 104 cm³/mol. The number of aliphatic carboxylic acids is 1. The molecular weight excluding hydrogens is 372 g/mol. The molecule has 0 unspecified atom stereocenters. The first-order chi connectivity index (χ1) is 13.7. The molecule has 2 fully saturated rings. The Kier molecular flexibility index (Phi) is 4.91. The van der Waals surface area contributed by atoms with Crippen LogP contribution in [-0.2, 0) is 25.5 Å². The minimum absolute atomic E-state index is 0.0267. The van der Waals surface area contributed by atoms with Gasteiger partial charge in [0, 0.05) is 19.3 Å². The van der Waals surface area contributed by atoms with Gasteiger partial charge in [0.05, 0.1) is 5.92 Å². The molecule has 0 spiro atoms. The molecule has 4 rings (SSSR count). The molecule has 0 aromatic heterocycles. The van der Waals surface area contributed by atoms with Crippen molar-refractivity contribution in [1.82, 2.24) is 0 Å². The van der Waals surface area contributed by atoms with Gasteiger partial charge in [0.1, 0.15) is 11.9 Å². The normalized spacial score (nSPS) is 35.1. The van der Waals surface area contributed by atoms with Crippen molar-refractivity contribution in [2.45, 2.75) is 64.9 Å². The van der Waals surface area contributed by atoms with Crippen molar-refractivity contribution in [3.63, 3.8) is 0 Å². The van der Waals surface area contributed by atoms with Gasteiger partial charge in [-0.05, 0) is 73.1 Å². The summed E-state index contributed by atoms with van der Waals surface area (Å²) in [6.45, 7) is 4.98. The highest BCUT2D eigenvalue weighted by Crippen LogP contribution is 2.62. The van der Waals surface area contributed by atoms with Crippen molar-refractivity contribution in [1.29, 1.82) is 0 Å². The number of rotatable bonds is 3.